The van der Waals surface area contributed by atoms with E-state index in [0.29, 0.717) is 13.0 Å². The topological polar surface area (TPSA) is 26.0 Å². The highest BCUT2D eigenvalue weighted by atomic mass is 19.1. The Morgan fingerprint density at radius 2 is 1.61 bits per heavy atom. The predicted molar refractivity (Wildman–Crippen MR) is 64.5 cm³/mol. The molecule has 2 rings (SSSR count). The molecule has 0 amide bonds. The number of hydrogen-bond donors (Lipinski definition) is 1. The molecule has 94 valence electrons. The summed E-state index contributed by atoms with van der Waals surface area (Å²) in [5.41, 5.74) is 6.41. The van der Waals surface area contributed by atoms with Crippen LogP contribution in [0.5, 0.6) is 0 Å². The van der Waals surface area contributed by atoms with Crippen LogP contribution in [0.4, 0.5) is 13.2 Å². The van der Waals surface area contributed by atoms with E-state index in [1.807, 2.05) is 0 Å². The molecule has 1 nitrogen and oxygen atoms in total. The zero-order valence-corrected chi connectivity index (χ0v) is 9.59. The van der Waals surface area contributed by atoms with Crippen molar-refractivity contribution in [1.29, 1.82) is 0 Å². The standard InChI is InChI=1S/C14H12F3N/c15-10-2-3-11(14(17)8-10)12-7-9(5-6-18)1-4-13(12)16/h1-4,7-8H,5-6,18H2. The zero-order chi connectivity index (χ0) is 13.1. The van der Waals surface area contributed by atoms with E-state index < -0.39 is 17.5 Å². The summed E-state index contributed by atoms with van der Waals surface area (Å²) in [4.78, 5) is 0. The summed E-state index contributed by atoms with van der Waals surface area (Å²) in [5, 5.41) is 0. The highest BCUT2D eigenvalue weighted by molar-refractivity contribution is 5.65. The van der Waals surface area contributed by atoms with E-state index >= 15 is 0 Å². The summed E-state index contributed by atoms with van der Waals surface area (Å²) in [7, 11) is 0. The van der Waals surface area contributed by atoms with Gasteiger partial charge in [-0.2, -0.15) is 0 Å². The Kier molecular flexibility index (Phi) is 3.67. The maximum Gasteiger partial charge on any atom is 0.134 e. The molecule has 0 bridgehead atoms. The van der Waals surface area contributed by atoms with Gasteiger partial charge in [0.15, 0.2) is 0 Å². The van der Waals surface area contributed by atoms with E-state index in [-0.39, 0.29) is 11.1 Å². The third-order valence-electron chi connectivity index (χ3n) is 2.69. The third kappa shape index (κ3) is 2.54. The summed E-state index contributed by atoms with van der Waals surface area (Å²) in [6.45, 7) is 0.428. The van der Waals surface area contributed by atoms with Crippen LogP contribution < -0.4 is 5.73 Å². The van der Waals surface area contributed by atoms with Gasteiger partial charge in [0.25, 0.3) is 0 Å². The number of nitrogens with two attached hydrogens (primary N) is 1. The lowest BCUT2D eigenvalue weighted by molar-refractivity contribution is 0.582. The number of rotatable bonds is 3. The maximum atomic E-state index is 13.7. The second-order valence-corrected chi connectivity index (χ2v) is 3.98. The molecule has 0 aromatic heterocycles. The minimum atomic E-state index is -0.779. The van der Waals surface area contributed by atoms with Crippen molar-refractivity contribution in [2.45, 2.75) is 6.42 Å². The van der Waals surface area contributed by atoms with Crippen LogP contribution >= 0.6 is 0 Å². The van der Waals surface area contributed by atoms with Crippen LogP contribution in [0.25, 0.3) is 11.1 Å². The van der Waals surface area contributed by atoms with Crippen LogP contribution in [0.2, 0.25) is 0 Å². The summed E-state index contributed by atoms with van der Waals surface area (Å²) >= 11 is 0. The first-order valence-electron chi connectivity index (χ1n) is 5.55. The summed E-state index contributed by atoms with van der Waals surface area (Å²) in [6, 6.07) is 7.49. The largest absolute Gasteiger partial charge is 0.330 e. The van der Waals surface area contributed by atoms with E-state index in [1.54, 1.807) is 12.1 Å². The van der Waals surface area contributed by atoms with Crippen molar-refractivity contribution in [2.75, 3.05) is 6.54 Å². The molecule has 2 aromatic rings. The van der Waals surface area contributed by atoms with E-state index in [1.165, 1.54) is 12.1 Å². The second kappa shape index (κ2) is 5.23. The smallest absolute Gasteiger partial charge is 0.134 e. The molecule has 0 spiro atoms. The average Bonchev–Trinajstić information content (AvgIpc) is 2.33. The summed E-state index contributed by atoms with van der Waals surface area (Å²) < 4.78 is 40.1. The van der Waals surface area contributed by atoms with Gasteiger partial charge < -0.3 is 5.73 Å². The van der Waals surface area contributed by atoms with Crippen LogP contribution in [0, 0.1) is 17.5 Å². The van der Waals surface area contributed by atoms with Crippen molar-refractivity contribution in [1.82, 2.24) is 0 Å². The van der Waals surface area contributed by atoms with Gasteiger partial charge in [0, 0.05) is 17.2 Å². The Balaban J connectivity index is 2.51. The molecule has 4 heteroatoms. The molecule has 0 unspecified atom stereocenters. The van der Waals surface area contributed by atoms with Gasteiger partial charge in [0.2, 0.25) is 0 Å². The van der Waals surface area contributed by atoms with Crippen LogP contribution in [0.1, 0.15) is 5.56 Å². The zero-order valence-electron chi connectivity index (χ0n) is 9.59. The first-order valence-corrected chi connectivity index (χ1v) is 5.55. The van der Waals surface area contributed by atoms with Crippen molar-refractivity contribution in [3.05, 3.63) is 59.4 Å². The first-order chi connectivity index (χ1) is 8.61. The molecule has 0 aliphatic carbocycles. The van der Waals surface area contributed by atoms with E-state index in [2.05, 4.69) is 0 Å². The molecule has 0 radical (unpaired) electrons. The highest BCUT2D eigenvalue weighted by Crippen LogP contribution is 2.27. The van der Waals surface area contributed by atoms with E-state index in [0.717, 1.165) is 17.7 Å². The fraction of sp³-hybridized carbons (Fsp3) is 0.143. The predicted octanol–water partition coefficient (Wildman–Crippen LogP) is 3.27. The van der Waals surface area contributed by atoms with Crippen molar-refractivity contribution in [2.24, 2.45) is 5.73 Å². The van der Waals surface area contributed by atoms with Gasteiger partial charge in [-0.05, 0) is 42.8 Å². The van der Waals surface area contributed by atoms with Crippen LogP contribution in [-0.2, 0) is 6.42 Å². The van der Waals surface area contributed by atoms with Crippen molar-refractivity contribution in [3.63, 3.8) is 0 Å². The van der Waals surface area contributed by atoms with Crippen LogP contribution in [-0.4, -0.2) is 6.54 Å². The van der Waals surface area contributed by atoms with Gasteiger partial charge in [0.1, 0.15) is 17.5 Å². The van der Waals surface area contributed by atoms with Gasteiger partial charge in [-0.25, -0.2) is 13.2 Å². The fourth-order valence-electron chi connectivity index (χ4n) is 1.81. The lowest BCUT2D eigenvalue weighted by Gasteiger charge is -2.07. The molecule has 2 aromatic carbocycles. The quantitative estimate of drug-likeness (QED) is 0.890. The summed E-state index contributed by atoms with van der Waals surface area (Å²) in [5.74, 6) is -2.00. The molecule has 0 saturated heterocycles. The lowest BCUT2D eigenvalue weighted by Crippen LogP contribution is -2.03. The normalized spacial score (nSPS) is 10.7. The number of halogens is 3. The first kappa shape index (κ1) is 12.6. The van der Waals surface area contributed by atoms with Gasteiger partial charge in [-0.3, -0.25) is 0 Å². The van der Waals surface area contributed by atoms with Gasteiger partial charge in [0.05, 0.1) is 0 Å². The molecular formula is C14H12F3N. The minimum Gasteiger partial charge on any atom is -0.330 e. The minimum absolute atomic E-state index is 0.0489. The SMILES string of the molecule is NCCc1ccc(F)c(-c2ccc(F)cc2F)c1. The Hall–Kier alpha value is -1.81. The molecule has 2 N–H and O–H groups in total. The molecular weight excluding hydrogens is 239 g/mol. The fourth-order valence-corrected chi connectivity index (χ4v) is 1.81. The second-order valence-electron chi connectivity index (χ2n) is 3.98. The van der Waals surface area contributed by atoms with E-state index in [9.17, 15) is 13.2 Å². The molecule has 0 fully saturated rings. The van der Waals surface area contributed by atoms with Gasteiger partial charge in [-0.1, -0.05) is 6.07 Å². The van der Waals surface area contributed by atoms with Crippen molar-refractivity contribution < 1.29 is 13.2 Å². The molecule has 0 heterocycles. The molecule has 0 saturated carbocycles. The van der Waals surface area contributed by atoms with Crippen molar-refractivity contribution in [3.8, 4) is 11.1 Å². The molecule has 0 atom stereocenters. The van der Waals surface area contributed by atoms with Crippen LogP contribution in [0.3, 0.4) is 0 Å². The molecule has 18 heavy (non-hydrogen) atoms. The van der Waals surface area contributed by atoms with E-state index in [4.69, 9.17) is 5.73 Å². The van der Waals surface area contributed by atoms with Crippen molar-refractivity contribution >= 4 is 0 Å². The monoisotopic (exact) mass is 251 g/mol. The number of benzene rings is 2. The maximum absolute atomic E-state index is 13.7. The lowest BCUT2D eigenvalue weighted by atomic mass is 10.0. The molecule has 0 aliphatic rings. The Morgan fingerprint density at radius 1 is 0.833 bits per heavy atom. The Labute approximate surface area is 103 Å². The Bertz CT molecular complexity index is 567. The average molecular weight is 251 g/mol. The summed E-state index contributed by atoms with van der Waals surface area (Å²) in [6.07, 6.45) is 0.579. The number of hydrogen-bond acceptors (Lipinski definition) is 1. The van der Waals surface area contributed by atoms with Gasteiger partial charge in [-0.15, -0.1) is 0 Å². The Morgan fingerprint density at radius 3 is 2.28 bits per heavy atom. The van der Waals surface area contributed by atoms with Crippen LogP contribution in [0.15, 0.2) is 36.4 Å². The molecule has 0 aliphatic heterocycles. The highest BCUT2D eigenvalue weighted by Gasteiger charge is 2.11. The van der Waals surface area contributed by atoms with Gasteiger partial charge >= 0.3 is 0 Å². The third-order valence-corrected chi connectivity index (χ3v) is 2.69.